The summed E-state index contributed by atoms with van der Waals surface area (Å²) in [7, 11) is 0. The lowest BCUT2D eigenvalue weighted by atomic mass is 9.94. The minimum absolute atomic E-state index is 0.0544. The molecule has 1 N–H and O–H groups in total. The van der Waals surface area contributed by atoms with E-state index in [2.05, 4.69) is 25.3 Å². The molecular weight excluding hydrogens is 458 g/mol. The fourth-order valence-corrected chi connectivity index (χ4v) is 5.05. The lowest BCUT2D eigenvalue weighted by Crippen LogP contribution is -2.44. The molecule has 0 unspecified atom stereocenters. The average Bonchev–Trinajstić information content (AvgIpc) is 2.87. The van der Waals surface area contributed by atoms with Crippen LogP contribution in [0.3, 0.4) is 0 Å². The van der Waals surface area contributed by atoms with Crippen LogP contribution in [0, 0.1) is 5.92 Å². The second-order valence-corrected chi connectivity index (χ2v) is 10.0. The van der Waals surface area contributed by atoms with E-state index in [0.29, 0.717) is 17.5 Å². The van der Waals surface area contributed by atoms with Crippen molar-refractivity contribution in [1.82, 2.24) is 20.4 Å². The maximum absolute atomic E-state index is 12.7. The first kappa shape index (κ1) is 23.8. The van der Waals surface area contributed by atoms with Gasteiger partial charge in [-0.25, -0.2) is 0 Å². The molecule has 0 radical (unpaired) electrons. The van der Waals surface area contributed by atoms with Crippen molar-refractivity contribution < 1.29 is 9.59 Å². The Labute approximate surface area is 204 Å². The number of thioether (sulfide) groups is 1. The van der Waals surface area contributed by atoms with Crippen molar-refractivity contribution in [2.24, 2.45) is 5.92 Å². The maximum atomic E-state index is 12.7. The summed E-state index contributed by atoms with van der Waals surface area (Å²) in [5.41, 5.74) is 1.00. The van der Waals surface area contributed by atoms with Crippen LogP contribution in [0.4, 0.5) is 5.82 Å². The Hall–Kier alpha value is -2.32. The molecule has 4 rings (SSSR count). The number of hydrogen-bond donors (Lipinski definition) is 1. The van der Waals surface area contributed by atoms with Gasteiger partial charge >= 0.3 is 0 Å². The number of piperidine rings is 2. The van der Waals surface area contributed by atoms with E-state index < -0.39 is 0 Å². The molecular formula is C24H30ClN5O2S. The van der Waals surface area contributed by atoms with E-state index in [1.165, 1.54) is 18.2 Å². The van der Waals surface area contributed by atoms with Crippen molar-refractivity contribution >= 4 is 41.0 Å². The lowest BCUT2D eigenvalue weighted by molar-refractivity contribution is -0.137. The lowest BCUT2D eigenvalue weighted by Gasteiger charge is -2.35. The highest BCUT2D eigenvalue weighted by Crippen LogP contribution is 2.25. The summed E-state index contributed by atoms with van der Waals surface area (Å²) in [4.78, 5) is 29.1. The molecule has 3 heterocycles. The smallest absolute Gasteiger partial charge is 0.230 e. The van der Waals surface area contributed by atoms with Crippen LogP contribution in [-0.4, -0.2) is 58.8 Å². The predicted molar refractivity (Wildman–Crippen MR) is 131 cm³/mol. The molecule has 2 amide bonds. The summed E-state index contributed by atoms with van der Waals surface area (Å²) in [6.07, 6.45) is 5.23. The first-order valence-corrected chi connectivity index (χ1v) is 13.0. The summed E-state index contributed by atoms with van der Waals surface area (Å²) in [6, 6.07) is 11.3. The molecule has 2 aromatic rings. The zero-order valence-corrected chi connectivity index (χ0v) is 20.3. The molecule has 2 aliphatic heterocycles. The van der Waals surface area contributed by atoms with Gasteiger partial charge in [-0.2, -0.15) is 0 Å². The molecule has 1 aromatic carbocycles. The number of halogens is 1. The van der Waals surface area contributed by atoms with E-state index in [0.717, 1.165) is 68.3 Å². The molecule has 0 atom stereocenters. The molecule has 176 valence electrons. The van der Waals surface area contributed by atoms with Gasteiger partial charge in [0, 0.05) is 43.7 Å². The monoisotopic (exact) mass is 487 g/mol. The molecule has 2 aliphatic rings. The topological polar surface area (TPSA) is 78.4 Å². The van der Waals surface area contributed by atoms with Gasteiger partial charge < -0.3 is 15.1 Å². The molecule has 7 nitrogen and oxygen atoms in total. The van der Waals surface area contributed by atoms with Gasteiger partial charge in [0.25, 0.3) is 0 Å². The number of carbonyl (C=O) groups excluding carboxylic acids is 2. The Kier molecular flexibility index (Phi) is 8.45. The Balaban J connectivity index is 1.19. The normalized spacial score (nSPS) is 17.1. The summed E-state index contributed by atoms with van der Waals surface area (Å²) in [5.74, 6) is 1.53. The number of benzene rings is 1. The van der Waals surface area contributed by atoms with E-state index in [-0.39, 0.29) is 17.6 Å². The third kappa shape index (κ3) is 6.84. The van der Waals surface area contributed by atoms with E-state index >= 15 is 0 Å². The fraction of sp³-hybridized carbons (Fsp3) is 0.500. The number of aromatic nitrogens is 2. The van der Waals surface area contributed by atoms with Gasteiger partial charge in [-0.1, -0.05) is 35.5 Å². The molecule has 33 heavy (non-hydrogen) atoms. The number of anilines is 1. The van der Waals surface area contributed by atoms with Crippen LogP contribution < -0.4 is 10.2 Å². The Bertz CT molecular complexity index is 927. The quantitative estimate of drug-likeness (QED) is 0.599. The van der Waals surface area contributed by atoms with Crippen molar-refractivity contribution in [2.75, 3.05) is 36.8 Å². The second-order valence-electron chi connectivity index (χ2n) is 8.57. The average molecular weight is 488 g/mol. The van der Waals surface area contributed by atoms with Crippen LogP contribution in [0.5, 0.6) is 0 Å². The third-order valence-electron chi connectivity index (χ3n) is 6.22. The van der Waals surface area contributed by atoms with Crippen molar-refractivity contribution in [3.8, 4) is 0 Å². The van der Waals surface area contributed by atoms with Gasteiger partial charge in [0.15, 0.2) is 5.82 Å². The number of amides is 2. The van der Waals surface area contributed by atoms with E-state index in [1.54, 1.807) is 0 Å². The van der Waals surface area contributed by atoms with Crippen LogP contribution in [-0.2, 0) is 16.1 Å². The molecule has 0 bridgehead atoms. The van der Waals surface area contributed by atoms with Crippen molar-refractivity contribution in [3.05, 3.63) is 47.0 Å². The number of likely N-dealkylation sites (tertiary alicyclic amines) is 1. The number of nitrogens with one attached hydrogen (secondary N) is 1. The maximum Gasteiger partial charge on any atom is 0.230 e. The summed E-state index contributed by atoms with van der Waals surface area (Å²) < 4.78 is 0. The van der Waals surface area contributed by atoms with Crippen LogP contribution in [0.15, 0.2) is 41.4 Å². The summed E-state index contributed by atoms with van der Waals surface area (Å²) in [6.45, 7) is 3.94. The minimum Gasteiger partial charge on any atom is -0.355 e. The highest BCUT2D eigenvalue weighted by molar-refractivity contribution is 7.99. The Morgan fingerprint density at radius 2 is 1.70 bits per heavy atom. The summed E-state index contributed by atoms with van der Waals surface area (Å²) in [5, 5.41) is 12.9. The fourth-order valence-electron chi connectivity index (χ4n) is 4.28. The molecule has 0 saturated carbocycles. The van der Waals surface area contributed by atoms with Crippen molar-refractivity contribution in [1.29, 1.82) is 0 Å². The molecule has 0 spiro atoms. The van der Waals surface area contributed by atoms with Gasteiger partial charge in [0.2, 0.25) is 11.8 Å². The highest BCUT2D eigenvalue weighted by Gasteiger charge is 2.29. The van der Waals surface area contributed by atoms with Crippen LogP contribution in [0.25, 0.3) is 0 Å². The SMILES string of the molecule is O=C(CSc1ccc(N2CCC(C(=O)N3CCCCC3)CC2)nn1)NCc1ccc(Cl)cc1. The summed E-state index contributed by atoms with van der Waals surface area (Å²) >= 11 is 7.25. The number of carbonyl (C=O) groups is 2. The first-order valence-electron chi connectivity index (χ1n) is 11.6. The van der Waals surface area contributed by atoms with Gasteiger partial charge in [-0.05, 0) is 61.9 Å². The predicted octanol–water partition coefficient (Wildman–Crippen LogP) is 3.77. The van der Waals surface area contributed by atoms with Crippen molar-refractivity contribution in [2.45, 2.75) is 43.7 Å². The molecule has 0 aliphatic carbocycles. The highest BCUT2D eigenvalue weighted by atomic mass is 35.5. The first-order chi connectivity index (χ1) is 16.1. The minimum atomic E-state index is -0.0544. The van der Waals surface area contributed by atoms with E-state index in [9.17, 15) is 9.59 Å². The molecule has 1 aromatic heterocycles. The zero-order valence-electron chi connectivity index (χ0n) is 18.7. The number of nitrogens with zero attached hydrogens (tertiary/aromatic N) is 4. The largest absolute Gasteiger partial charge is 0.355 e. The van der Waals surface area contributed by atoms with Crippen LogP contribution in [0.1, 0.15) is 37.7 Å². The van der Waals surface area contributed by atoms with Crippen LogP contribution >= 0.6 is 23.4 Å². The standard InChI is InChI=1S/C24H30ClN5O2S/c25-20-6-4-18(5-7-20)16-26-22(31)17-33-23-9-8-21(27-28-23)29-14-10-19(11-15-29)24(32)30-12-2-1-3-13-30/h4-9,19H,1-3,10-17H2,(H,26,31). The van der Waals surface area contributed by atoms with E-state index in [4.69, 9.17) is 11.6 Å². The second kappa shape index (κ2) is 11.7. The van der Waals surface area contributed by atoms with Crippen LogP contribution in [0.2, 0.25) is 5.02 Å². The Morgan fingerprint density at radius 3 is 2.36 bits per heavy atom. The Morgan fingerprint density at radius 1 is 0.970 bits per heavy atom. The van der Waals surface area contributed by atoms with E-state index in [1.807, 2.05) is 36.4 Å². The molecule has 9 heteroatoms. The third-order valence-corrected chi connectivity index (χ3v) is 7.39. The van der Waals surface area contributed by atoms with Gasteiger partial charge in [0.05, 0.1) is 5.75 Å². The molecule has 2 fully saturated rings. The van der Waals surface area contributed by atoms with Gasteiger partial charge in [0.1, 0.15) is 5.03 Å². The van der Waals surface area contributed by atoms with Gasteiger partial charge in [-0.3, -0.25) is 9.59 Å². The number of rotatable bonds is 7. The molecule has 2 saturated heterocycles. The number of hydrogen-bond acceptors (Lipinski definition) is 6. The van der Waals surface area contributed by atoms with Gasteiger partial charge in [-0.15, -0.1) is 10.2 Å². The zero-order chi connectivity index (χ0) is 23.0. The van der Waals surface area contributed by atoms with Crippen molar-refractivity contribution in [3.63, 3.8) is 0 Å².